The number of carbonyl (C=O) groups excluding carboxylic acids is 1. The summed E-state index contributed by atoms with van der Waals surface area (Å²) in [5.41, 5.74) is 2.57. The second-order valence-electron chi connectivity index (χ2n) is 3.93. The van der Waals surface area contributed by atoms with Crippen molar-refractivity contribution >= 4 is 5.91 Å². The lowest BCUT2D eigenvalue weighted by atomic mass is 10.1. The average molecular weight is 262 g/mol. The van der Waals surface area contributed by atoms with Gasteiger partial charge in [-0.05, 0) is 17.7 Å². The molecule has 1 aromatic carbocycles. The van der Waals surface area contributed by atoms with Gasteiger partial charge in [0.1, 0.15) is 11.8 Å². The number of methoxy groups -OCH3 is 1. The van der Waals surface area contributed by atoms with Crippen molar-refractivity contribution in [2.75, 3.05) is 7.11 Å². The number of nitrogens with zero attached hydrogens (tertiary/aromatic N) is 3. The fourth-order valence-corrected chi connectivity index (χ4v) is 1.75. The highest BCUT2D eigenvalue weighted by Gasteiger charge is 2.21. The Labute approximate surface area is 109 Å². The van der Waals surface area contributed by atoms with Gasteiger partial charge in [-0.25, -0.2) is 10.2 Å². The fraction of sp³-hybridized carbons (Fsp3) is 0.250. The van der Waals surface area contributed by atoms with Crippen molar-refractivity contribution in [1.29, 1.82) is 0 Å². The summed E-state index contributed by atoms with van der Waals surface area (Å²) in [4.78, 5) is 11.7. The molecule has 0 aliphatic heterocycles. The maximum atomic E-state index is 11.7. The molecule has 100 valence electrons. The molecular weight excluding hydrogens is 248 g/mol. The van der Waals surface area contributed by atoms with Crippen molar-refractivity contribution in [1.82, 2.24) is 20.5 Å². The van der Waals surface area contributed by atoms with Crippen molar-refractivity contribution < 1.29 is 14.7 Å². The summed E-state index contributed by atoms with van der Waals surface area (Å²) >= 11 is 0. The number of hydrogen-bond donors (Lipinski definition) is 2. The maximum Gasteiger partial charge on any atom is 0.268 e. The van der Waals surface area contributed by atoms with E-state index in [1.165, 1.54) is 10.9 Å². The topological polar surface area (TPSA) is 89.3 Å². The van der Waals surface area contributed by atoms with Crippen LogP contribution in [0.25, 0.3) is 0 Å². The number of benzene rings is 1. The normalized spacial score (nSPS) is 11.9. The van der Waals surface area contributed by atoms with Crippen LogP contribution >= 0.6 is 0 Å². The Morgan fingerprint density at radius 3 is 2.74 bits per heavy atom. The number of carbonyl (C=O) groups is 1. The van der Waals surface area contributed by atoms with Gasteiger partial charge in [0.2, 0.25) is 0 Å². The molecule has 0 saturated heterocycles. The highest BCUT2D eigenvalue weighted by molar-refractivity contribution is 5.79. The van der Waals surface area contributed by atoms with Gasteiger partial charge in [0.05, 0.1) is 13.3 Å². The van der Waals surface area contributed by atoms with Crippen LogP contribution in [0.4, 0.5) is 0 Å². The SMILES string of the molecule is COc1ccc(C[C@@H](C(=O)NO)n2ccnn2)cc1. The third-order valence-electron chi connectivity index (χ3n) is 2.76. The van der Waals surface area contributed by atoms with Crippen LogP contribution in [-0.4, -0.2) is 33.2 Å². The number of hydrogen-bond acceptors (Lipinski definition) is 5. The molecular formula is C12H14N4O3. The predicted molar refractivity (Wildman–Crippen MR) is 65.7 cm³/mol. The highest BCUT2D eigenvalue weighted by atomic mass is 16.5. The molecule has 0 saturated carbocycles. The predicted octanol–water partition coefficient (Wildman–Crippen LogP) is 0.576. The van der Waals surface area contributed by atoms with Crippen LogP contribution < -0.4 is 10.2 Å². The monoisotopic (exact) mass is 262 g/mol. The Morgan fingerprint density at radius 2 is 2.21 bits per heavy atom. The minimum absolute atomic E-state index is 0.389. The van der Waals surface area contributed by atoms with E-state index < -0.39 is 11.9 Å². The zero-order valence-corrected chi connectivity index (χ0v) is 10.4. The van der Waals surface area contributed by atoms with Crippen LogP contribution in [0.1, 0.15) is 11.6 Å². The van der Waals surface area contributed by atoms with E-state index in [0.29, 0.717) is 6.42 Å². The zero-order valence-electron chi connectivity index (χ0n) is 10.4. The Hall–Kier alpha value is -2.41. The molecule has 1 heterocycles. The van der Waals surface area contributed by atoms with E-state index in [1.54, 1.807) is 18.8 Å². The molecule has 1 atom stereocenters. The number of amides is 1. The summed E-state index contributed by atoms with van der Waals surface area (Å²) in [6, 6.07) is 6.68. The van der Waals surface area contributed by atoms with Crippen molar-refractivity contribution in [3.8, 4) is 5.75 Å². The Morgan fingerprint density at radius 1 is 1.47 bits per heavy atom. The van der Waals surface area contributed by atoms with Crippen LogP contribution in [0.15, 0.2) is 36.7 Å². The van der Waals surface area contributed by atoms with Gasteiger partial charge in [0.25, 0.3) is 5.91 Å². The third kappa shape index (κ3) is 3.08. The van der Waals surface area contributed by atoms with Gasteiger partial charge in [-0.3, -0.25) is 10.0 Å². The first-order valence-electron chi connectivity index (χ1n) is 5.67. The molecule has 2 rings (SSSR count). The minimum atomic E-state index is -0.652. The van der Waals surface area contributed by atoms with Crippen LogP contribution in [0.2, 0.25) is 0 Å². The number of rotatable bonds is 5. The molecule has 1 amide bonds. The summed E-state index contributed by atoms with van der Waals surface area (Å²) in [7, 11) is 1.59. The van der Waals surface area contributed by atoms with E-state index in [1.807, 2.05) is 24.3 Å². The highest BCUT2D eigenvalue weighted by Crippen LogP contribution is 2.17. The third-order valence-corrected chi connectivity index (χ3v) is 2.76. The van der Waals surface area contributed by atoms with Gasteiger partial charge in [-0.15, -0.1) is 5.10 Å². The molecule has 0 aliphatic rings. The van der Waals surface area contributed by atoms with Crippen LogP contribution in [-0.2, 0) is 11.2 Å². The Bertz CT molecular complexity index is 524. The summed E-state index contributed by atoms with van der Waals surface area (Å²) in [6.07, 6.45) is 3.44. The van der Waals surface area contributed by atoms with Crippen LogP contribution in [0, 0.1) is 0 Å². The molecule has 0 fully saturated rings. The molecule has 0 aliphatic carbocycles. The lowest BCUT2D eigenvalue weighted by molar-refractivity contribution is -0.133. The summed E-state index contributed by atoms with van der Waals surface area (Å²) in [6.45, 7) is 0. The van der Waals surface area contributed by atoms with Gasteiger partial charge < -0.3 is 4.74 Å². The first-order valence-corrected chi connectivity index (χ1v) is 5.67. The van der Waals surface area contributed by atoms with E-state index in [2.05, 4.69) is 10.3 Å². The zero-order chi connectivity index (χ0) is 13.7. The van der Waals surface area contributed by atoms with E-state index >= 15 is 0 Å². The molecule has 7 heteroatoms. The van der Waals surface area contributed by atoms with Gasteiger partial charge in [0.15, 0.2) is 0 Å². The maximum absolute atomic E-state index is 11.7. The number of ether oxygens (including phenoxy) is 1. The minimum Gasteiger partial charge on any atom is -0.497 e. The van der Waals surface area contributed by atoms with E-state index in [9.17, 15) is 4.79 Å². The molecule has 7 nitrogen and oxygen atoms in total. The summed E-state index contributed by atoms with van der Waals surface area (Å²) < 4.78 is 6.47. The second-order valence-corrected chi connectivity index (χ2v) is 3.93. The molecule has 0 radical (unpaired) electrons. The standard InChI is InChI=1S/C12H14N4O3/c1-19-10-4-2-9(3-5-10)8-11(12(17)14-18)16-7-6-13-15-16/h2-7,11,18H,8H2,1H3,(H,14,17)/t11-/m0/s1. The van der Waals surface area contributed by atoms with Gasteiger partial charge in [0, 0.05) is 12.6 Å². The largest absolute Gasteiger partial charge is 0.497 e. The van der Waals surface area contributed by atoms with Crippen molar-refractivity contribution in [3.05, 3.63) is 42.2 Å². The molecule has 19 heavy (non-hydrogen) atoms. The number of nitrogens with one attached hydrogen (secondary N) is 1. The average Bonchev–Trinajstić information content (AvgIpc) is 2.98. The fourth-order valence-electron chi connectivity index (χ4n) is 1.75. The van der Waals surface area contributed by atoms with Crippen LogP contribution in [0.5, 0.6) is 5.75 Å². The quantitative estimate of drug-likeness (QED) is 0.607. The van der Waals surface area contributed by atoms with Crippen molar-refractivity contribution in [3.63, 3.8) is 0 Å². The first-order chi connectivity index (χ1) is 9.24. The number of hydroxylamine groups is 1. The summed E-state index contributed by atoms with van der Waals surface area (Å²) in [5, 5.41) is 16.2. The molecule has 1 aromatic heterocycles. The lowest BCUT2D eigenvalue weighted by Crippen LogP contribution is -2.32. The first kappa shape index (κ1) is 13.0. The van der Waals surface area contributed by atoms with Crippen molar-refractivity contribution in [2.24, 2.45) is 0 Å². The van der Waals surface area contributed by atoms with E-state index in [4.69, 9.17) is 9.94 Å². The molecule has 2 aromatic rings. The van der Waals surface area contributed by atoms with Gasteiger partial charge in [-0.2, -0.15) is 0 Å². The van der Waals surface area contributed by atoms with Crippen LogP contribution in [0.3, 0.4) is 0 Å². The lowest BCUT2D eigenvalue weighted by Gasteiger charge is -2.14. The smallest absolute Gasteiger partial charge is 0.268 e. The van der Waals surface area contributed by atoms with E-state index in [0.717, 1.165) is 11.3 Å². The van der Waals surface area contributed by atoms with Gasteiger partial charge in [-0.1, -0.05) is 17.3 Å². The summed E-state index contributed by atoms with van der Waals surface area (Å²) in [5.74, 6) is 0.203. The van der Waals surface area contributed by atoms with Gasteiger partial charge >= 0.3 is 0 Å². The Kier molecular flexibility index (Phi) is 4.09. The molecule has 2 N–H and O–H groups in total. The Balaban J connectivity index is 2.18. The number of aromatic nitrogens is 3. The molecule has 0 spiro atoms. The molecule has 0 bridgehead atoms. The second kappa shape index (κ2) is 5.96. The van der Waals surface area contributed by atoms with E-state index in [-0.39, 0.29) is 0 Å². The molecule has 0 unspecified atom stereocenters. The van der Waals surface area contributed by atoms with Crippen molar-refractivity contribution in [2.45, 2.75) is 12.5 Å².